The molecule has 1 aliphatic rings. The first-order chi connectivity index (χ1) is 9.00. The Morgan fingerprint density at radius 1 is 1.58 bits per heavy atom. The van der Waals surface area contributed by atoms with Crippen molar-refractivity contribution in [1.29, 1.82) is 5.41 Å². The number of pyridine rings is 1. The van der Waals surface area contributed by atoms with Crippen LogP contribution in [0.1, 0.15) is 24.0 Å². The minimum atomic E-state index is 0.108. The molecule has 3 N–H and O–H groups in total. The summed E-state index contributed by atoms with van der Waals surface area (Å²) in [7, 11) is 4.18. The number of nitrogens with one attached hydrogen (secondary N) is 1. The van der Waals surface area contributed by atoms with Crippen molar-refractivity contribution in [1.82, 2.24) is 9.88 Å². The maximum atomic E-state index is 7.79. The number of rotatable bonds is 4. The minimum absolute atomic E-state index is 0.108. The van der Waals surface area contributed by atoms with Gasteiger partial charge in [-0.2, -0.15) is 0 Å². The van der Waals surface area contributed by atoms with Gasteiger partial charge in [-0.1, -0.05) is 0 Å². The number of nitrogens with two attached hydrogens (primary N) is 1. The van der Waals surface area contributed by atoms with Crippen LogP contribution in [-0.2, 0) is 0 Å². The van der Waals surface area contributed by atoms with Crippen LogP contribution in [0.2, 0.25) is 0 Å². The minimum Gasteiger partial charge on any atom is -0.384 e. The molecule has 1 fully saturated rings. The van der Waals surface area contributed by atoms with Crippen LogP contribution in [0.4, 0.5) is 5.82 Å². The fraction of sp³-hybridized carbons (Fsp3) is 0.571. The van der Waals surface area contributed by atoms with E-state index in [9.17, 15) is 0 Å². The maximum Gasteiger partial charge on any atom is 0.140 e. The Morgan fingerprint density at radius 3 is 2.95 bits per heavy atom. The fourth-order valence-corrected chi connectivity index (χ4v) is 2.82. The molecule has 0 amide bonds. The summed E-state index contributed by atoms with van der Waals surface area (Å²) in [6, 6.07) is 2.37. The average molecular weight is 261 g/mol. The Bertz CT molecular complexity index is 469. The highest BCUT2D eigenvalue weighted by molar-refractivity contribution is 6.01. The number of likely N-dealkylation sites (N-methyl/N-ethyl adjacent to an activating group) is 1. The van der Waals surface area contributed by atoms with Crippen LogP contribution >= 0.6 is 0 Å². The van der Waals surface area contributed by atoms with E-state index < -0.39 is 0 Å². The molecule has 1 unspecified atom stereocenters. The first-order valence-corrected chi connectivity index (χ1v) is 6.72. The summed E-state index contributed by atoms with van der Waals surface area (Å²) in [5.41, 5.74) is 7.54. The van der Waals surface area contributed by atoms with Crippen molar-refractivity contribution in [3.05, 3.63) is 23.4 Å². The van der Waals surface area contributed by atoms with Crippen LogP contribution in [0.15, 0.2) is 12.3 Å². The van der Waals surface area contributed by atoms with Crippen molar-refractivity contribution >= 4 is 11.7 Å². The molecule has 0 bridgehead atoms. The molecule has 1 aromatic heterocycles. The molecule has 19 heavy (non-hydrogen) atoms. The Balaban J connectivity index is 2.35. The molecule has 1 aliphatic heterocycles. The molecule has 2 rings (SSSR count). The molecule has 5 heteroatoms. The summed E-state index contributed by atoms with van der Waals surface area (Å²) in [5.74, 6) is 0.980. The van der Waals surface area contributed by atoms with Crippen molar-refractivity contribution in [2.45, 2.75) is 25.8 Å². The van der Waals surface area contributed by atoms with E-state index >= 15 is 0 Å². The quantitative estimate of drug-likeness (QED) is 0.631. The molecule has 5 nitrogen and oxygen atoms in total. The molecule has 1 atom stereocenters. The second-order valence-electron chi connectivity index (χ2n) is 5.49. The van der Waals surface area contributed by atoms with Crippen LogP contribution in [0, 0.1) is 12.3 Å². The first kappa shape index (κ1) is 13.8. The van der Waals surface area contributed by atoms with E-state index in [4.69, 9.17) is 11.1 Å². The standard InChI is InChI=1S/C14H23N5/c1-10-6-7-17-14(12(10)13(15)16)19-8-4-5-11(19)9-18(2)3/h6-7,11H,4-5,8-9H2,1-3H3,(H3,15,16). The highest BCUT2D eigenvalue weighted by Gasteiger charge is 2.28. The van der Waals surface area contributed by atoms with Crippen molar-refractivity contribution in [3.8, 4) is 0 Å². The lowest BCUT2D eigenvalue weighted by atomic mass is 10.1. The summed E-state index contributed by atoms with van der Waals surface area (Å²) in [6.45, 7) is 3.99. The van der Waals surface area contributed by atoms with Gasteiger partial charge in [0.15, 0.2) is 0 Å². The molecule has 0 saturated carbocycles. The average Bonchev–Trinajstić information content (AvgIpc) is 2.75. The number of nitrogens with zero attached hydrogens (tertiary/aromatic N) is 3. The number of nitrogen functional groups attached to an aromatic ring is 1. The predicted molar refractivity (Wildman–Crippen MR) is 78.9 cm³/mol. The number of aryl methyl sites for hydroxylation is 1. The molecular formula is C14H23N5. The monoisotopic (exact) mass is 261 g/mol. The number of aromatic nitrogens is 1. The van der Waals surface area contributed by atoms with Crippen LogP contribution in [-0.4, -0.2) is 48.9 Å². The summed E-state index contributed by atoms with van der Waals surface area (Å²) in [6.07, 6.45) is 4.15. The molecule has 0 aliphatic carbocycles. The zero-order valence-corrected chi connectivity index (χ0v) is 12.0. The highest BCUT2D eigenvalue weighted by atomic mass is 15.3. The van der Waals surface area contributed by atoms with Gasteiger partial charge in [0.2, 0.25) is 0 Å². The molecule has 1 aromatic rings. The van der Waals surface area contributed by atoms with Gasteiger partial charge < -0.3 is 15.5 Å². The largest absolute Gasteiger partial charge is 0.384 e. The Kier molecular flexibility index (Phi) is 4.04. The van der Waals surface area contributed by atoms with Gasteiger partial charge in [0.25, 0.3) is 0 Å². The Hall–Kier alpha value is -1.62. The molecular weight excluding hydrogens is 238 g/mol. The topological polar surface area (TPSA) is 69.2 Å². The van der Waals surface area contributed by atoms with Gasteiger partial charge >= 0.3 is 0 Å². The van der Waals surface area contributed by atoms with E-state index in [1.807, 2.05) is 19.2 Å². The lowest BCUT2D eigenvalue weighted by molar-refractivity contribution is 0.371. The van der Waals surface area contributed by atoms with Crippen molar-refractivity contribution in [2.75, 3.05) is 32.1 Å². The van der Waals surface area contributed by atoms with Gasteiger partial charge in [-0.05, 0) is 45.5 Å². The number of anilines is 1. The Labute approximate surface area is 114 Å². The maximum absolute atomic E-state index is 7.79. The summed E-state index contributed by atoms with van der Waals surface area (Å²) >= 11 is 0. The summed E-state index contributed by atoms with van der Waals surface area (Å²) in [4.78, 5) is 9.00. The first-order valence-electron chi connectivity index (χ1n) is 6.72. The zero-order chi connectivity index (χ0) is 14.0. The number of amidine groups is 1. The lowest BCUT2D eigenvalue weighted by Gasteiger charge is -2.29. The van der Waals surface area contributed by atoms with E-state index in [0.717, 1.165) is 30.0 Å². The zero-order valence-electron chi connectivity index (χ0n) is 12.0. The SMILES string of the molecule is Cc1ccnc(N2CCCC2CN(C)C)c1C(=N)N. The van der Waals surface area contributed by atoms with Gasteiger partial charge in [0.05, 0.1) is 5.56 Å². The van der Waals surface area contributed by atoms with Crippen molar-refractivity contribution in [2.24, 2.45) is 5.73 Å². The van der Waals surface area contributed by atoms with Crippen LogP contribution in [0.5, 0.6) is 0 Å². The van der Waals surface area contributed by atoms with Gasteiger partial charge in [-0.3, -0.25) is 5.41 Å². The second-order valence-corrected chi connectivity index (χ2v) is 5.49. The summed E-state index contributed by atoms with van der Waals surface area (Å²) in [5, 5.41) is 7.79. The normalized spacial score (nSPS) is 19.2. The van der Waals surface area contributed by atoms with Gasteiger partial charge in [0, 0.05) is 25.3 Å². The van der Waals surface area contributed by atoms with E-state index in [2.05, 4.69) is 28.9 Å². The highest BCUT2D eigenvalue weighted by Crippen LogP contribution is 2.28. The van der Waals surface area contributed by atoms with Gasteiger partial charge in [-0.25, -0.2) is 4.98 Å². The molecule has 1 saturated heterocycles. The van der Waals surface area contributed by atoms with Crippen molar-refractivity contribution < 1.29 is 0 Å². The van der Waals surface area contributed by atoms with E-state index in [1.165, 1.54) is 12.8 Å². The fourth-order valence-electron chi connectivity index (χ4n) is 2.82. The van der Waals surface area contributed by atoms with Gasteiger partial charge in [-0.15, -0.1) is 0 Å². The molecule has 0 spiro atoms. The van der Waals surface area contributed by atoms with Crippen LogP contribution < -0.4 is 10.6 Å². The molecule has 104 valence electrons. The van der Waals surface area contributed by atoms with E-state index in [1.54, 1.807) is 0 Å². The smallest absolute Gasteiger partial charge is 0.140 e. The number of hydrogen-bond donors (Lipinski definition) is 2. The van der Waals surface area contributed by atoms with Crippen LogP contribution in [0.25, 0.3) is 0 Å². The van der Waals surface area contributed by atoms with Gasteiger partial charge in [0.1, 0.15) is 11.7 Å². The lowest BCUT2D eigenvalue weighted by Crippen LogP contribution is -2.39. The van der Waals surface area contributed by atoms with Crippen molar-refractivity contribution in [3.63, 3.8) is 0 Å². The van der Waals surface area contributed by atoms with Crippen LogP contribution in [0.3, 0.4) is 0 Å². The number of hydrogen-bond acceptors (Lipinski definition) is 4. The summed E-state index contributed by atoms with van der Waals surface area (Å²) < 4.78 is 0. The van der Waals surface area contributed by atoms with E-state index in [-0.39, 0.29) is 5.84 Å². The second kappa shape index (κ2) is 5.57. The third-order valence-corrected chi connectivity index (χ3v) is 3.63. The molecule has 0 aromatic carbocycles. The molecule has 2 heterocycles. The Morgan fingerprint density at radius 2 is 2.32 bits per heavy atom. The predicted octanol–water partition coefficient (Wildman–Crippen LogP) is 1.20. The third kappa shape index (κ3) is 2.87. The van der Waals surface area contributed by atoms with E-state index in [0.29, 0.717) is 6.04 Å². The third-order valence-electron chi connectivity index (χ3n) is 3.63. The molecule has 0 radical (unpaired) electrons.